The van der Waals surface area contributed by atoms with Crippen LogP contribution in [-0.4, -0.2) is 96.0 Å². The molecule has 10 nitrogen and oxygen atoms in total. The summed E-state index contributed by atoms with van der Waals surface area (Å²) < 4.78 is 0. The fourth-order valence-corrected chi connectivity index (χ4v) is 4.37. The number of pyridine rings is 1. The first-order chi connectivity index (χ1) is 16.0. The molecule has 0 unspecified atom stereocenters. The van der Waals surface area contributed by atoms with Crippen LogP contribution < -0.4 is 10.2 Å². The zero-order valence-electron chi connectivity index (χ0n) is 19.5. The molecule has 1 amide bonds. The number of hydrogen-bond acceptors (Lipinski definition) is 9. The van der Waals surface area contributed by atoms with E-state index in [9.17, 15) is 14.9 Å². The summed E-state index contributed by atoms with van der Waals surface area (Å²) in [7, 11) is 0. The average Bonchev–Trinajstić information content (AvgIpc) is 2.82. The number of benzene rings is 1. The molecule has 0 saturated carbocycles. The summed E-state index contributed by atoms with van der Waals surface area (Å²) in [6.45, 7) is 7.32. The van der Waals surface area contributed by atoms with Gasteiger partial charge in [-0.15, -0.1) is 0 Å². The van der Waals surface area contributed by atoms with Crippen molar-refractivity contribution < 1.29 is 35.3 Å². The summed E-state index contributed by atoms with van der Waals surface area (Å²) in [5, 5.41) is 14.6. The second-order valence-corrected chi connectivity index (χ2v) is 8.95. The van der Waals surface area contributed by atoms with Gasteiger partial charge in [0.2, 0.25) is 5.91 Å². The Labute approximate surface area is 230 Å². The smallest absolute Gasteiger partial charge is 0.270 e. The third kappa shape index (κ3) is 9.83. The zero-order valence-corrected chi connectivity index (χ0v) is 23.2. The van der Waals surface area contributed by atoms with E-state index in [2.05, 4.69) is 45.3 Å². The van der Waals surface area contributed by atoms with Gasteiger partial charge in [0.05, 0.1) is 17.0 Å². The number of non-ortho nitro benzene ring substituents is 1. The fourth-order valence-electron chi connectivity index (χ4n) is 3.98. The number of carbonyl (C=O) groups is 1. The van der Waals surface area contributed by atoms with E-state index in [-0.39, 0.29) is 42.1 Å². The quantitative estimate of drug-likeness (QED) is 0.191. The van der Waals surface area contributed by atoms with Gasteiger partial charge in [0, 0.05) is 88.4 Å². The predicted molar refractivity (Wildman–Crippen MR) is 140 cm³/mol. The normalized spacial score (nSPS) is 13.9. The van der Waals surface area contributed by atoms with E-state index >= 15 is 0 Å². The van der Waals surface area contributed by atoms with Crippen molar-refractivity contribution in [2.24, 2.45) is 0 Å². The molecule has 0 bridgehead atoms. The number of fused-ring (bicyclic) bond motifs is 1. The fraction of sp³-hybridized carbons (Fsp3) is 0.545. The van der Waals surface area contributed by atoms with E-state index in [1.165, 1.54) is 6.07 Å². The molecule has 2 aromatic rings. The molecule has 13 heteroatoms. The predicted octanol–water partition coefficient (Wildman–Crippen LogP) is 1.81. The van der Waals surface area contributed by atoms with Crippen LogP contribution in [0.15, 0.2) is 30.3 Å². The van der Waals surface area contributed by atoms with Crippen LogP contribution >= 0.6 is 25.3 Å². The van der Waals surface area contributed by atoms with Gasteiger partial charge >= 0.3 is 0 Å². The summed E-state index contributed by atoms with van der Waals surface area (Å²) in [6.07, 6.45) is 1.00. The van der Waals surface area contributed by atoms with Crippen LogP contribution in [0.1, 0.15) is 6.42 Å². The van der Waals surface area contributed by atoms with E-state index in [1.807, 2.05) is 12.1 Å². The van der Waals surface area contributed by atoms with Gasteiger partial charge in [-0.2, -0.15) is 25.3 Å². The Morgan fingerprint density at radius 1 is 1.11 bits per heavy atom. The van der Waals surface area contributed by atoms with Crippen LogP contribution in [0.5, 0.6) is 0 Å². The summed E-state index contributed by atoms with van der Waals surface area (Å²) in [6, 6.07) is 8.61. The molecule has 0 aliphatic carbocycles. The summed E-state index contributed by atoms with van der Waals surface area (Å²) >= 11 is 8.44. The molecule has 1 aliphatic heterocycles. The molecule has 0 spiro atoms. The number of nitrogens with one attached hydrogen (secondary N) is 1. The molecule has 1 saturated heterocycles. The van der Waals surface area contributed by atoms with Gasteiger partial charge in [0.15, 0.2) is 0 Å². The molecule has 3 rings (SSSR count). The maximum atomic E-state index is 12.0. The molecule has 1 aromatic heterocycles. The van der Waals surface area contributed by atoms with Crippen LogP contribution in [0.25, 0.3) is 10.9 Å². The molecule has 1 aromatic carbocycles. The first kappa shape index (κ1) is 31.6. The zero-order chi connectivity index (χ0) is 23.6. The van der Waals surface area contributed by atoms with Crippen molar-refractivity contribution in [2.45, 2.75) is 6.42 Å². The first-order valence-electron chi connectivity index (χ1n) is 11.2. The minimum absolute atomic E-state index is 0. The van der Waals surface area contributed by atoms with Gasteiger partial charge < -0.3 is 15.7 Å². The number of aromatic nitrogens is 1. The van der Waals surface area contributed by atoms with Crippen molar-refractivity contribution in [1.82, 2.24) is 20.1 Å². The topological polar surface area (TPSA) is 123 Å². The number of anilines is 1. The number of nitro groups is 1. The molecular formula is C22H32N6O4S2Tc-2. The number of piperazine rings is 1. The minimum Gasteiger partial charge on any atom is -2.00 e. The summed E-state index contributed by atoms with van der Waals surface area (Å²) in [4.78, 5) is 34.1. The van der Waals surface area contributed by atoms with Gasteiger partial charge in [0.25, 0.3) is 5.69 Å². The number of amides is 1. The molecule has 35 heavy (non-hydrogen) atoms. The van der Waals surface area contributed by atoms with Crippen LogP contribution in [0.3, 0.4) is 0 Å². The molecule has 1 radical (unpaired) electrons. The van der Waals surface area contributed by atoms with E-state index in [0.29, 0.717) is 18.8 Å². The third-order valence-corrected chi connectivity index (χ3v) is 6.15. The van der Waals surface area contributed by atoms with Gasteiger partial charge in [-0.25, -0.2) is 4.98 Å². The van der Waals surface area contributed by atoms with E-state index in [0.717, 1.165) is 74.7 Å². The van der Waals surface area contributed by atoms with Gasteiger partial charge in [-0.3, -0.25) is 24.7 Å². The van der Waals surface area contributed by atoms with E-state index in [4.69, 9.17) is 4.98 Å². The van der Waals surface area contributed by atoms with Crippen molar-refractivity contribution >= 4 is 53.6 Å². The number of nitro benzene ring substituents is 1. The Hall–Kier alpha value is -1.47. The molecule has 195 valence electrons. The van der Waals surface area contributed by atoms with Crippen LogP contribution in [0, 0.1) is 10.1 Å². The van der Waals surface area contributed by atoms with Crippen molar-refractivity contribution in [3.05, 3.63) is 40.4 Å². The van der Waals surface area contributed by atoms with Crippen LogP contribution in [0.2, 0.25) is 0 Å². The van der Waals surface area contributed by atoms with Crippen LogP contribution in [-0.2, 0) is 30.4 Å². The average molecular weight is 608 g/mol. The third-order valence-electron chi connectivity index (χ3n) is 5.73. The first-order valence-corrected chi connectivity index (χ1v) is 12.5. The number of carbonyl (C=O) groups excluding carboxylic acids is 1. The second kappa shape index (κ2) is 16.3. The molecule has 0 atom stereocenters. The van der Waals surface area contributed by atoms with Crippen molar-refractivity contribution in [3.8, 4) is 0 Å². The standard InChI is InChI=1S/C22H32N6O3S2.O.Tc/c29-22(23-6-14-32)17-26(13-15-33)8-1-7-25-9-11-27(12-10-25)21-5-2-18-16-19(28(30)31)3-4-20(18)24-21;;/h2-5,16,32-33H,1,6-15,17H2,(H,23,29);;/q;-2;/i;;1+1. The molecule has 1 aliphatic rings. The Bertz CT molecular complexity index is 949. The number of thiol groups is 2. The summed E-state index contributed by atoms with van der Waals surface area (Å²) in [5.41, 5.74) is 0.847. The summed E-state index contributed by atoms with van der Waals surface area (Å²) in [5.74, 6) is 2.31. The van der Waals surface area contributed by atoms with Gasteiger partial charge in [-0.1, -0.05) is 0 Å². The molecule has 2 heterocycles. The molecule has 1 N–H and O–H groups in total. The maximum Gasteiger partial charge on any atom is 0.270 e. The van der Waals surface area contributed by atoms with Gasteiger partial charge in [0.1, 0.15) is 5.82 Å². The molecule has 1 fully saturated rings. The van der Waals surface area contributed by atoms with Crippen molar-refractivity contribution in [3.63, 3.8) is 0 Å². The maximum absolute atomic E-state index is 12.0. The Balaban J connectivity index is 0.00000306. The van der Waals surface area contributed by atoms with Crippen molar-refractivity contribution in [2.75, 3.05) is 75.3 Å². The van der Waals surface area contributed by atoms with Crippen LogP contribution in [0.4, 0.5) is 11.5 Å². The van der Waals surface area contributed by atoms with E-state index < -0.39 is 0 Å². The molecular weight excluding hydrogens is 575 g/mol. The second-order valence-electron chi connectivity index (χ2n) is 8.06. The number of rotatable bonds is 12. The Kier molecular flexibility index (Phi) is 14.7. The number of nitrogens with zero attached hydrogens (tertiary/aromatic N) is 5. The van der Waals surface area contributed by atoms with Gasteiger partial charge in [-0.05, 0) is 37.7 Å². The largest absolute Gasteiger partial charge is 2.00 e. The van der Waals surface area contributed by atoms with Crippen molar-refractivity contribution in [1.29, 1.82) is 0 Å². The SMILES string of the molecule is O=C(CN(CCS)CCCN1CCN(c2ccc3cc([N+](=O)[O-])ccc3n2)CC1)NCCS.[99Tc].[O-2]. The Morgan fingerprint density at radius 2 is 1.86 bits per heavy atom. The van der Waals surface area contributed by atoms with E-state index in [1.54, 1.807) is 12.1 Å². The Morgan fingerprint density at radius 3 is 2.51 bits per heavy atom. The minimum atomic E-state index is -0.386. The number of hydrogen-bond donors (Lipinski definition) is 3. The monoisotopic (exact) mass is 607 g/mol.